The predicted molar refractivity (Wildman–Crippen MR) is 116 cm³/mol. The fraction of sp³-hybridized carbons (Fsp3) is 0.524. The lowest BCUT2D eigenvalue weighted by Crippen LogP contribution is -2.27. The van der Waals surface area contributed by atoms with Gasteiger partial charge in [-0.1, -0.05) is 5.21 Å². The summed E-state index contributed by atoms with van der Waals surface area (Å²) in [4.78, 5) is 9.05. The first-order valence-corrected chi connectivity index (χ1v) is 10.5. The van der Waals surface area contributed by atoms with Gasteiger partial charge >= 0.3 is 0 Å². The van der Waals surface area contributed by atoms with Crippen molar-refractivity contribution in [1.82, 2.24) is 25.0 Å². The Morgan fingerprint density at radius 2 is 2.06 bits per heavy atom. The van der Waals surface area contributed by atoms with Crippen LogP contribution in [-0.2, 0) is 4.74 Å². The summed E-state index contributed by atoms with van der Waals surface area (Å²) in [5, 5.41) is 21.6. The second-order valence-corrected chi connectivity index (χ2v) is 8.56. The van der Waals surface area contributed by atoms with Gasteiger partial charge in [0.15, 0.2) is 11.2 Å². The number of ether oxygens (including phenoxy) is 2. The zero-order chi connectivity index (χ0) is 21.8. The quantitative estimate of drug-likeness (QED) is 0.438. The van der Waals surface area contributed by atoms with Gasteiger partial charge in [-0.15, -0.1) is 5.10 Å². The van der Waals surface area contributed by atoms with Crippen molar-refractivity contribution in [2.45, 2.75) is 44.8 Å². The minimum atomic E-state index is -0.891. The molecule has 1 fully saturated rings. The van der Waals surface area contributed by atoms with E-state index in [9.17, 15) is 5.11 Å². The average molecular weight is 428 g/mol. The standard InChI is InChI=1S/C21H29N7O3/c1-21(2,29)12-31-17-7-5-16(6-8-17)28-19-18(26-27-28)10-23-20(25-19)24-15-4-3-14(9-15)11-30-13-22/h5-8,10,14-15,29H,3-4,9,11-13,22H2,1-2H3,(H,23,24,25)/t14-,15?/m1/s1. The van der Waals surface area contributed by atoms with Crippen molar-refractivity contribution in [3.05, 3.63) is 30.5 Å². The molecule has 0 saturated heterocycles. The zero-order valence-electron chi connectivity index (χ0n) is 17.9. The maximum Gasteiger partial charge on any atom is 0.225 e. The molecule has 0 spiro atoms. The third-order valence-corrected chi connectivity index (χ3v) is 5.21. The Balaban J connectivity index is 1.46. The number of fused-ring (bicyclic) bond motifs is 1. The van der Waals surface area contributed by atoms with Crippen LogP contribution in [0.5, 0.6) is 5.75 Å². The molecular weight excluding hydrogens is 398 g/mol. The minimum Gasteiger partial charge on any atom is -0.491 e. The van der Waals surface area contributed by atoms with Gasteiger partial charge in [0.2, 0.25) is 5.95 Å². The largest absolute Gasteiger partial charge is 0.491 e. The van der Waals surface area contributed by atoms with E-state index in [-0.39, 0.29) is 13.3 Å². The Labute approximate surface area is 180 Å². The van der Waals surface area contributed by atoms with Crippen LogP contribution in [0.25, 0.3) is 16.9 Å². The number of nitrogens with zero attached hydrogens (tertiary/aromatic N) is 5. The number of hydrogen-bond acceptors (Lipinski definition) is 9. The number of anilines is 1. The van der Waals surface area contributed by atoms with Gasteiger partial charge in [0.05, 0.1) is 30.8 Å². The lowest BCUT2D eigenvalue weighted by Gasteiger charge is -2.17. The van der Waals surface area contributed by atoms with Gasteiger partial charge in [-0.05, 0) is 63.3 Å². The molecule has 0 aliphatic heterocycles. The molecule has 2 atom stereocenters. The van der Waals surface area contributed by atoms with Gasteiger partial charge in [-0.3, -0.25) is 0 Å². The minimum absolute atomic E-state index is 0.210. The van der Waals surface area contributed by atoms with Gasteiger partial charge in [0.25, 0.3) is 0 Å². The monoisotopic (exact) mass is 427 g/mol. The molecule has 1 aromatic carbocycles. The Morgan fingerprint density at radius 1 is 1.26 bits per heavy atom. The van der Waals surface area contributed by atoms with E-state index in [2.05, 4.69) is 25.6 Å². The molecule has 1 aliphatic rings. The van der Waals surface area contributed by atoms with Gasteiger partial charge < -0.3 is 25.6 Å². The van der Waals surface area contributed by atoms with E-state index in [1.54, 1.807) is 24.7 Å². The van der Waals surface area contributed by atoms with Crippen molar-refractivity contribution in [1.29, 1.82) is 0 Å². The zero-order valence-corrected chi connectivity index (χ0v) is 17.9. The summed E-state index contributed by atoms with van der Waals surface area (Å²) in [7, 11) is 0. The molecule has 10 nitrogen and oxygen atoms in total. The van der Waals surface area contributed by atoms with Crippen LogP contribution in [0.3, 0.4) is 0 Å². The molecule has 2 heterocycles. The summed E-state index contributed by atoms with van der Waals surface area (Å²) >= 11 is 0. The fourth-order valence-electron chi connectivity index (χ4n) is 3.69. The maximum absolute atomic E-state index is 9.80. The van der Waals surface area contributed by atoms with E-state index in [1.165, 1.54) is 0 Å². The van der Waals surface area contributed by atoms with Crippen LogP contribution in [0.4, 0.5) is 5.95 Å². The number of benzene rings is 1. The van der Waals surface area contributed by atoms with Crippen LogP contribution < -0.4 is 15.8 Å². The molecule has 10 heteroatoms. The van der Waals surface area contributed by atoms with Crippen LogP contribution in [-0.4, -0.2) is 61.7 Å². The highest BCUT2D eigenvalue weighted by Crippen LogP contribution is 2.28. The molecule has 166 valence electrons. The van der Waals surface area contributed by atoms with Crippen molar-refractivity contribution in [3.8, 4) is 11.4 Å². The van der Waals surface area contributed by atoms with E-state index in [4.69, 9.17) is 15.2 Å². The highest BCUT2D eigenvalue weighted by atomic mass is 16.5. The summed E-state index contributed by atoms with van der Waals surface area (Å²) in [5.41, 5.74) is 6.59. The highest BCUT2D eigenvalue weighted by molar-refractivity contribution is 5.72. The number of hydrogen-bond donors (Lipinski definition) is 3. The molecule has 0 bridgehead atoms. The fourth-order valence-corrected chi connectivity index (χ4v) is 3.69. The average Bonchev–Trinajstić information content (AvgIpc) is 3.37. The molecular formula is C21H29N7O3. The smallest absolute Gasteiger partial charge is 0.225 e. The molecule has 3 aromatic rings. The van der Waals surface area contributed by atoms with Crippen molar-refractivity contribution >= 4 is 17.1 Å². The van der Waals surface area contributed by atoms with Gasteiger partial charge in [-0.2, -0.15) is 9.67 Å². The van der Waals surface area contributed by atoms with Gasteiger partial charge in [0.1, 0.15) is 12.4 Å². The first-order chi connectivity index (χ1) is 14.9. The Morgan fingerprint density at radius 3 is 2.81 bits per heavy atom. The van der Waals surface area contributed by atoms with E-state index in [1.807, 2.05) is 24.3 Å². The molecule has 31 heavy (non-hydrogen) atoms. The molecule has 4 N–H and O–H groups in total. The van der Waals surface area contributed by atoms with Gasteiger partial charge in [-0.25, -0.2) is 4.98 Å². The van der Waals surface area contributed by atoms with Crippen LogP contribution in [0.15, 0.2) is 30.5 Å². The number of aromatic nitrogens is 5. The number of rotatable bonds is 9. The summed E-state index contributed by atoms with van der Waals surface area (Å²) in [6, 6.07) is 7.72. The number of nitrogens with one attached hydrogen (secondary N) is 1. The third-order valence-electron chi connectivity index (χ3n) is 5.21. The maximum atomic E-state index is 9.80. The predicted octanol–water partition coefficient (Wildman–Crippen LogP) is 1.87. The van der Waals surface area contributed by atoms with E-state index in [0.29, 0.717) is 41.4 Å². The van der Waals surface area contributed by atoms with Crippen molar-refractivity contribution in [3.63, 3.8) is 0 Å². The lowest BCUT2D eigenvalue weighted by atomic mass is 10.1. The lowest BCUT2D eigenvalue weighted by molar-refractivity contribution is 0.0285. The summed E-state index contributed by atoms with van der Waals surface area (Å²) in [6.45, 7) is 4.57. The van der Waals surface area contributed by atoms with Crippen LogP contribution >= 0.6 is 0 Å². The van der Waals surface area contributed by atoms with Crippen LogP contribution in [0.2, 0.25) is 0 Å². The SMILES string of the molecule is CC(C)(O)COc1ccc(-n2nnc3cnc(NC4CC[C@@H](COCN)C4)nc32)cc1. The first-order valence-electron chi connectivity index (χ1n) is 10.5. The molecule has 0 amide bonds. The summed E-state index contributed by atoms with van der Waals surface area (Å²) < 4.78 is 12.6. The third kappa shape index (κ3) is 5.46. The van der Waals surface area contributed by atoms with Crippen molar-refractivity contribution < 1.29 is 14.6 Å². The molecule has 1 aliphatic carbocycles. The first kappa shape index (κ1) is 21.4. The van der Waals surface area contributed by atoms with Crippen LogP contribution in [0.1, 0.15) is 33.1 Å². The Hall–Kier alpha value is -2.82. The molecule has 1 saturated carbocycles. The molecule has 2 aromatic heterocycles. The normalized spacial score (nSPS) is 19.1. The molecule has 0 radical (unpaired) electrons. The highest BCUT2D eigenvalue weighted by Gasteiger charge is 2.25. The summed E-state index contributed by atoms with van der Waals surface area (Å²) in [5.74, 6) is 1.74. The number of aliphatic hydroxyl groups is 1. The summed E-state index contributed by atoms with van der Waals surface area (Å²) in [6.07, 6.45) is 4.83. The van der Waals surface area contributed by atoms with E-state index >= 15 is 0 Å². The van der Waals surface area contributed by atoms with Crippen LogP contribution in [0, 0.1) is 5.92 Å². The van der Waals surface area contributed by atoms with Gasteiger partial charge in [0, 0.05) is 6.04 Å². The molecule has 1 unspecified atom stereocenters. The second-order valence-electron chi connectivity index (χ2n) is 8.56. The Kier molecular flexibility index (Phi) is 6.30. The Bertz CT molecular complexity index is 1000. The van der Waals surface area contributed by atoms with E-state index in [0.717, 1.165) is 24.9 Å². The topological polar surface area (TPSA) is 133 Å². The van der Waals surface area contributed by atoms with Crippen molar-refractivity contribution in [2.75, 3.05) is 25.3 Å². The number of nitrogens with two attached hydrogens (primary N) is 1. The van der Waals surface area contributed by atoms with Crippen molar-refractivity contribution in [2.24, 2.45) is 11.7 Å². The molecule has 4 rings (SSSR count). The second kappa shape index (κ2) is 9.13. The van der Waals surface area contributed by atoms with E-state index < -0.39 is 5.60 Å².